The van der Waals surface area contributed by atoms with Crippen molar-refractivity contribution in [3.05, 3.63) is 29.6 Å². The third kappa shape index (κ3) is 3.11. The molecule has 16 heavy (non-hydrogen) atoms. The van der Waals surface area contributed by atoms with Gasteiger partial charge in [-0.05, 0) is 38.0 Å². The van der Waals surface area contributed by atoms with Crippen LogP contribution in [-0.4, -0.2) is 12.6 Å². The SMILES string of the molecule is CCCN(c1ccc(CCl)cc1F)C(C)C. The van der Waals surface area contributed by atoms with Gasteiger partial charge in [-0.15, -0.1) is 11.6 Å². The van der Waals surface area contributed by atoms with E-state index in [2.05, 4.69) is 25.7 Å². The molecule has 0 radical (unpaired) electrons. The van der Waals surface area contributed by atoms with Crippen molar-refractivity contribution in [1.82, 2.24) is 0 Å². The van der Waals surface area contributed by atoms with Gasteiger partial charge in [0.15, 0.2) is 0 Å². The minimum Gasteiger partial charge on any atom is -0.367 e. The molecule has 0 spiro atoms. The first-order chi connectivity index (χ1) is 7.60. The monoisotopic (exact) mass is 243 g/mol. The summed E-state index contributed by atoms with van der Waals surface area (Å²) in [5.41, 5.74) is 1.49. The minimum atomic E-state index is -0.180. The van der Waals surface area contributed by atoms with E-state index in [4.69, 9.17) is 11.6 Å². The summed E-state index contributed by atoms with van der Waals surface area (Å²) < 4.78 is 13.9. The number of rotatable bonds is 5. The fourth-order valence-corrected chi connectivity index (χ4v) is 1.93. The fourth-order valence-electron chi connectivity index (χ4n) is 1.76. The topological polar surface area (TPSA) is 3.24 Å². The van der Waals surface area contributed by atoms with Crippen molar-refractivity contribution in [3.63, 3.8) is 0 Å². The van der Waals surface area contributed by atoms with Crippen LogP contribution >= 0.6 is 11.6 Å². The lowest BCUT2D eigenvalue weighted by Gasteiger charge is -2.29. The Hall–Kier alpha value is -0.760. The molecule has 0 amide bonds. The van der Waals surface area contributed by atoms with Crippen LogP contribution in [0.2, 0.25) is 0 Å². The Morgan fingerprint density at radius 3 is 2.50 bits per heavy atom. The van der Waals surface area contributed by atoms with Gasteiger partial charge in [-0.1, -0.05) is 13.0 Å². The van der Waals surface area contributed by atoms with E-state index in [0.717, 1.165) is 18.5 Å². The number of halogens is 2. The third-order valence-electron chi connectivity index (χ3n) is 2.56. The predicted octanol–water partition coefficient (Wildman–Crippen LogP) is 4.19. The summed E-state index contributed by atoms with van der Waals surface area (Å²) >= 11 is 5.67. The van der Waals surface area contributed by atoms with Gasteiger partial charge < -0.3 is 4.90 Å². The zero-order valence-corrected chi connectivity index (χ0v) is 10.9. The van der Waals surface area contributed by atoms with Gasteiger partial charge in [0.1, 0.15) is 5.82 Å². The van der Waals surface area contributed by atoms with Gasteiger partial charge in [0, 0.05) is 18.5 Å². The number of hydrogen-bond donors (Lipinski definition) is 0. The number of benzene rings is 1. The van der Waals surface area contributed by atoms with Crippen molar-refractivity contribution < 1.29 is 4.39 Å². The Morgan fingerprint density at radius 1 is 1.38 bits per heavy atom. The zero-order chi connectivity index (χ0) is 12.1. The number of alkyl halides is 1. The second-order valence-electron chi connectivity index (χ2n) is 4.21. The molecule has 0 heterocycles. The minimum absolute atomic E-state index is 0.180. The van der Waals surface area contributed by atoms with E-state index in [-0.39, 0.29) is 5.82 Å². The summed E-state index contributed by atoms with van der Waals surface area (Å²) in [5.74, 6) is 0.174. The van der Waals surface area contributed by atoms with Crippen LogP contribution in [0.1, 0.15) is 32.8 Å². The lowest BCUT2D eigenvalue weighted by atomic mass is 10.1. The normalized spacial score (nSPS) is 10.9. The molecule has 0 saturated carbocycles. The van der Waals surface area contributed by atoms with Crippen molar-refractivity contribution in [3.8, 4) is 0 Å². The molecule has 0 aliphatic rings. The fraction of sp³-hybridized carbons (Fsp3) is 0.538. The first-order valence-electron chi connectivity index (χ1n) is 5.71. The second-order valence-corrected chi connectivity index (χ2v) is 4.47. The molecule has 90 valence electrons. The van der Waals surface area contributed by atoms with Gasteiger partial charge >= 0.3 is 0 Å². The lowest BCUT2D eigenvalue weighted by molar-refractivity contribution is 0.596. The number of hydrogen-bond acceptors (Lipinski definition) is 1. The molecule has 0 bridgehead atoms. The van der Waals surface area contributed by atoms with E-state index in [9.17, 15) is 4.39 Å². The van der Waals surface area contributed by atoms with Gasteiger partial charge in [-0.3, -0.25) is 0 Å². The molecule has 0 N–H and O–H groups in total. The molecule has 0 unspecified atom stereocenters. The zero-order valence-electron chi connectivity index (χ0n) is 10.1. The van der Waals surface area contributed by atoms with Gasteiger partial charge in [0.2, 0.25) is 0 Å². The highest BCUT2D eigenvalue weighted by molar-refractivity contribution is 6.17. The maximum atomic E-state index is 13.9. The van der Waals surface area contributed by atoms with Gasteiger partial charge in [-0.2, -0.15) is 0 Å². The first kappa shape index (κ1) is 13.3. The molecular weight excluding hydrogens is 225 g/mol. The summed E-state index contributed by atoms with van der Waals surface area (Å²) in [6, 6.07) is 5.53. The predicted molar refractivity (Wildman–Crippen MR) is 68.7 cm³/mol. The Labute approximate surface area is 102 Å². The Morgan fingerprint density at radius 2 is 2.06 bits per heavy atom. The maximum absolute atomic E-state index is 13.9. The first-order valence-corrected chi connectivity index (χ1v) is 6.24. The lowest BCUT2D eigenvalue weighted by Crippen LogP contribution is -2.32. The maximum Gasteiger partial charge on any atom is 0.146 e. The van der Waals surface area contributed by atoms with Crippen LogP contribution < -0.4 is 4.90 Å². The van der Waals surface area contributed by atoms with E-state index >= 15 is 0 Å². The molecule has 1 aromatic carbocycles. The van der Waals surface area contributed by atoms with Crippen LogP contribution in [0.3, 0.4) is 0 Å². The van der Waals surface area contributed by atoms with Crippen LogP contribution in [0, 0.1) is 5.82 Å². The van der Waals surface area contributed by atoms with Crippen molar-refractivity contribution in [2.75, 3.05) is 11.4 Å². The van der Waals surface area contributed by atoms with Crippen LogP contribution in [0.25, 0.3) is 0 Å². The Balaban J connectivity index is 3.00. The Bertz CT molecular complexity index is 339. The van der Waals surface area contributed by atoms with Gasteiger partial charge in [0.25, 0.3) is 0 Å². The molecule has 0 fully saturated rings. The molecule has 1 rings (SSSR count). The average molecular weight is 244 g/mol. The van der Waals surface area contributed by atoms with Gasteiger partial charge in [0.05, 0.1) is 5.69 Å². The van der Waals surface area contributed by atoms with Crippen LogP contribution in [0.5, 0.6) is 0 Å². The van der Waals surface area contributed by atoms with E-state index in [1.807, 2.05) is 12.1 Å². The van der Waals surface area contributed by atoms with Crippen LogP contribution in [0.4, 0.5) is 10.1 Å². The van der Waals surface area contributed by atoms with Crippen LogP contribution in [-0.2, 0) is 5.88 Å². The van der Waals surface area contributed by atoms with E-state index in [1.165, 1.54) is 6.07 Å². The van der Waals surface area contributed by atoms with Crippen molar-refractivity contribution in [2.24, 2.45) is 0 Å². The molecule has 1 aromatic rings. The largest absolute Gasteiger partial charge is 0.367 e. The highest BCUT2D eigenvalue weighted by atomic mass is 35.5. The molecule has 1 nitrogen and oxygen atoms in total. The molecule has 0 saturated heterocycles. The van der Waals surface area contributed by atoms with Crippen LogP contribution in [0.15, 0.2) is 18.2 Å². The molecule has 3 heteroatoms. The summed E-state index contributed by atoms with van der Waals surface area (Å²) in [4.78, 5) is 2.08. The molecule has 0 aliphatic heterocycles. The summed E-state index contributed by atoms with van der Waals surface area (Å²) in [6.45, 7) is 7.12. The summed E-state index contributed by atoms with van der Waals surface area (Å²) in [7, 11) is 0. The highest BCUT2D eigenvalue weighted by Crippen LogP contribution is 2.23. The van der Waals surface area contributed by atoms with Gasteiger partial charge in [-0.25, -0.2) is 4.39 Å². The summed E-state index contributed by atoms with van der Waals surface area (Å²) in [6.07, 6.45) is 1.01. The third-order valence-corrected chi connectivity index (χ3v) is 2.87. The average Bonchev–Trinajstić information content (AvgIpc) is 2.26. The molecule has 0 aliphatic carbocycles. The number of anilines is 1. The number of nitrogens with zero attached hydrogens (tertiary/aromatic N) is 1. The van der Waals surface area contributed by atoms with E-state index in [1.54, 1.807) is 0 Å². The smallest absolute Gasteiger partial charge is 0.146 e. The quantitative estimate of drug-likeness (QED) is 0.701. The Kier molecular flexibility index (Phi) is 5.07. The van der Waals surface area contributed by atoms with E-state index in [0.29, 0.717) is 17.6 Å². The van der Waals surface area contributed by atoms with Crippen molar-refractivity contribution >= 4 is 17.3 Å². The van der Waals surface area contributed by atoms with Crippen molar-refractivity contribution in [2.45, 2.75) is 39.1 Å². The van der Waals surface area contributed by atoms with E-state index < -0.39 is 0 Å². The molecule has 0 aromatic heterocycles. The standard InChI is InChI=1S/C13H19ClFN/c1-4-7-16(10(2)3)13-6-5-11(9-14)8-12(13)15/h5-6,8,10H,4,7,9H2,1-3H3. The second kappa shape index (κ2) is 6.09. The molecular formula is C13H19ClFN. The van der Waals surface area contributed by atoms with Crippen molar-refractivity contribution in [1.29, 1.82) is 0 Å². The molecule has 0 atom stereocenters. The summed E-state index contributed by atoms with van der Waals surface area (Å²) in [5, 5.41) is 0. The highest BCUT2D eigenvalue weighted by Gasteiger charge is 2.13.